The van der Waals surface area contributed by atoms with Gasteiger partial charge in [0.2, 0.25) is 5.91 Å². The van der Waals surface area contributed by atoms with Gasteiger partial charge in [-0.3, -0.25) is 9.48 Å². The average Bonchev–Trinajstić information content (AvgIpc) is 3.18. The third-order valence-corrected chi connectivity index (χ3v) is 4.07. The monoisotopic (exact) mass is 322 g/mol. The maximum absolute atomic E-state index is 12.2. The number of aryl methyl sites for hydroxylation is 2. The molecule has 0 bridgehead atoms. The molecular weight excluding hydrogens is 300 g/mol. The third kappa shape index (κ3) is 3.56. The van der Waals surface area contributed by atoms with Gasteiger partial charge in [0.05, 0.1) is 11.7 Å². The second-order valence-electron chi connectivity index (χ2n) is 6.06. The zero-order valence-corrected chi connectivity index (χ0v) is 14.2. The molecule has 1 N–H and O–H groups in total. The van der Waals surface area contributed by atoms with E-state index in [0.717, 1.165) is 22.6 Å². The van der Waals surface area contributed by atoms with Crippen LogP contribution in [0.2, 0.25) is 0 Å². The minimum absolute atomic E-state index is 0.0387. The highest BCUT2D eigenvalue weighted by Crippen LogP contribution is 2.16. The van der Waals surface area contributed by atoms with Crippen LogP contribution in [0, 0.1) is 13.8 Å². The zero-order valence-electron chi connectivity index (χ0n) is 14.2. The molecule has 1 atom stereocenters. The summed E-state index contributed by atoms with van der Waals surface area (Å²) < 4.78 is 3.78. The number of nitrogens with zero attached hydrogens (tertiary/aromatic N) is 3. The minimum atomic E-state index is -0.0480. The molecule has 5 heteroatoms. The zero-order chi connectivity index (χ0) is 17.1. The molecule has 0 saturated heterocycles. The molecule has 0 aliphatic carbocycles. The SMILES string of the molecule is Cc1cc(C)n(CC(=O)NC(C)c2ccc(-n3cccc3)cc2)n1. The van der Waals surface area contributed by atoms with E-state index in [1.54, 1.807) is 4.68 Å². The van der Waals surface area contributed by atoms with Crippen LogP contribution in [0.25, 0.3) is 5.69 Å². The minimum Gasteiger partial charge on any atom is -0.348 e. The highest BCUT2D eigenvalue weighted by atomic mass is 16.2. The van der Waals surface area contributed by atoms with Crippen molar-refractivity contribution in [3.05, 3.63) is 71.8 Å². The van der Waals surface area contributed by atoms with Crippen molar-refractivity contribution in [2.45, 2.75) is 33.4 Å². The quantitative estimate of drug-likeness (QED) is 0.784. The highest BCUT2D eigenvalue weighted by Gasteiger charge is 2.12. The highest BCUT2D eigenvalue weighted by molar-refractivity contribution is 5.76. The fourth-order valence-corrected chi connectivity index (χ4v) is 2.78. The lowest BCUT2D eigenvalue weighted by molar-refractivity contribution is -0.122. The maximum atomic E-state index is 12.2. The molecule has 1 amide bonds. The number of hydrogen-bond donors (Lipinski definition) is 1. The molecule has 24 heavy (non-hydrogen) atoms. The van der Waals surface area contributed by atoms with Crippen LogP contribution in [0.4, 0.5) is 0 Å². The van der Waals surface area contributed by atoms with Gasteiger partial charge in [-0.1, -0.05) is 12.1 Å². The Hall–Kier alpha value is -2.82. The van der Waals surface area contributed by atoms with E-state index in [4.69, 9.17) is 0 Å². The smallest absolute Gasteiger partial charge is 0.242 e. The molecule has 0 aliphatic heterocycles. The predicted octanol–water partition coefficient (Wildman–Crippen LogP) is 3.17. The Labute approximate surface area is 141 Å². The van der Waals surface area contributed by atoms with Gasteiger partial charge in [-0.15, -0.1) is 0 Å². The van der Waals surface area contributed by atoms with Gasteiger partial charge >= 0.3 is 0 Å². The van der Waals surface area contributed by atoms with Crippen LogP contribution in [-0.2, 0) is 11.3 Å². The molecule has 124 valence electrons. The van der Waals surface area contributed by atoms with Crippen LogP contribution >= 0.6 is 0 Å². The van der Waals surface area contributed by atoms with Gasteiger partial charge in [0.15, 0.2) is 0 Å². The van der Waals surface area contributed by atoms with E-state index in [9.17, 15) is 4.79 Å². The molecule has 0 saturated carbocycles. The second kappa shape index (κ2) is 6.74. The van der Waals surface area contributed by atoms with Crippen LogP contribution in [0.5, 0.6) is 0 Å². The van der Waals surface area contributed by atoms with E-state index in [2.05, 4.69) is 27.1 Å². The number of carbonyl (C=O) groups excluding carboxylic acids is 1. The first-order valence-corrected chi connectivity index (χ1v) is 8.06. The summed E-state index contributed by atoms with van der Waals surface area (Å²) in [6, 6.07) is 14.1. The Bertz CT molecular complexity index is 816. The summed E-state index contributed by atoms with van der Waals surface area (Å²) in [6.07, 6.45) is 4.02. The normalized spacial score (nSPS) is 12.1. The summed E-state index contributed by atoms with van der Waals surface area (Å²) >= 11 is 0. The molecular formula is C19H22N4O. The van der Waals surface area contributed by atoms with E-state index < -0.39 is 0 Å². The summed E-state index contributed by atoms with van der Waals surface area (Å²) in [5.74, 6) is -0.0387. The first-order valence-electron chi connectivity index (χ1n) is 8.06. The summed E-state index contributed by atoms with van der Waals surface area (Å²) in [5.41, 5.74) is 4.10. The van der Waals surface area contributed by atoms with E-state index in [1.807, 2.05) is 63.5 Å². The van der Waals surface area contributed by atoms with Crippen molar-refractivity contribution in [1.29, 1.82) is 0 Å². The lowest BCUT2D eigenvalue weighted by atomic mass is 10.1. The molecule has 3 aromatic rings. The number of rotatable bonds is 5. The van der Waals surface area contributed by atoms with Crippen molar-refractivity contribution in [2.24, 2.45) is 0 Å². The summed E-state index contributed by atoms with van der Waals surface area (Å²) in [4.78, 5) is 12.2. The van der Waals surface area contributed by atoms with Crippen molar-refractivity contribution in [2.75, 3.05) is 0 Å². The van der Waals surface area contributed by atoms with Gasteiger partial charge in [0.1, 0.15) is 6.54 Å². The number of benzene rings is 1. The van der Waals surface area contributed by atoms with Crippen LogP contribution in [0.1, 0.15) is 29.9 Å². The molecule has 3 rings (SSSR count). The van der Waals surface area contributed by atoms with E-state index >= 15 is 0 Å². The topological polar surface area (TPSA) is 51.9 Å². The van der Waals surface area contributed by atoms with Gasteiger partial charge in [-0.2, -0.15) is 5.10 Å². The molecule has 0 aliphatic rings. The Kier molecular flexibility index (Phi) is 4.51. The lowest BCUT2D eigenvalue weighted by Crippen LogP contribution is -2.30. The molecule has 5 nitrogen and oxygen atoms in total. The fraction of sp³-hybridized carbons (Fsp3) is 0.263. The summed E-state index contributed by atoms with van der Waals surface area (Å²) in [6.45, 7) is 6.11. The number of hydrogen-bond acceptors (Lipinski definition) is 2. The van der Waals surface area contributed by atoms with Crippen LogP contribution in [-0.4, -0.2) is 20.3 Å². The van der Waals surface area contributed by atoms with E-state index in [1.165, 1.54) is 0 Å². The molecule has 0 radical (unpaired) electrons. The Morgan fingerprint density at radius 1 is 1.17 bits per heavy atom. The summed E-state index contributed by atoms with van der Waals surface area (Å²) in [5, 5.41) is 7.35. The standard InChI is InChI=1S/C19H22N4O/c1-14-12-15(2)23(21-14)13-19(24)20-16(3)17-6-8-18(9-7-17)22-10-4-5-11-22/h4-12,16H,13H2,1-3H3,(H,20,24). The summed E-state index contributed by atoms with van der Waals surface area (Å²) in [7, 11) is 0. The van der Waals surface area contributed by atoms with Crippen molar-refractivity contribution in [1.82, 2.24) is 19.7 Å². The number of nitrogens with one attached hydrogen (secondary N) is 1. The predicted molar refractivity (Wildman–Crippen MR) is 94.0 cm³/mol. The fourth-order valence-electron chi connectivity index (χ4n) is 2.78. The molecule has 0 spiro atoms. The van der Waals surface area contributed by atoms with Crippen molar-refractivity contribution in [3.8, 4) is 5.69 Å². The van der Waals surface area contributed by atoms with Gasteiger partial charge in [-0.05, 0) is 56.7 Å². The Morgan fingerprint density at radius 3 is 2.42 bits per heavy atom. The van der Waals surface area contributed by atoms with Gasteiger partial charge in [0, 0.05) is 23.8 Å². The largest absolute Gasteiger partial charge is 0.348 e. The van der Waals surface area contributed by atoms with Crippen molar-refractivity contribution in [3.63, 3.8) is 0 Å². The molecule has 0 fully saturated rings. The van der Waals surface area contributed by atoms with Crippen molar-refractivity contribution < 1.29 is 4.79 Å². The first-order chi connectivity index (χ1) is 11.5. The van der Waals surface area contributed by atoms with Gasteiger partial charge in [-0.25, -0.2) is 0 Å². The second-order valence-corrected chi connectivity index (χ2v) is 6.06. The first kappa shape index (κ1) is 16.1. The van der Waals surface area contributed by atoms with Crippen molar-refractivity contribution >= 4 is 5.91 Å². The van der Waals surface area contributed by atoms with E-state index in [0.29, 0.717) is 0 Å². The number of carbonyl (C=O) groups is 1. The Morgan fingerprint density at radius 2 is 1.83 bits per heavy atom. The molecule has 1 aromatic carbocycles. The maximum Gasteiger partial charge on any atom is 0.242 e. The molecule has 2 heterocycles. The molecule has 2 aromatic heterocycles. The van der Waals surface area contributed by atoms with Gasteiger partial charge < -0.3 is 9.88 Å². The van der Waals surface area contributed by atoms with E-state index in [-0.39, 0.29) is 18.5 Å². The van der Waals surface area contributed by atoms with Crippen LogP contribution in [0.3, 0.4) is 0 Å². The third-order valence-electron chi connectivity index (χ3n) is 4.07. The van der Waals surface area contributed by atoms with Crippen LogP contribution < -0.4 is 5.32 Å². The average molecular weight is 322 g/mol. The number of amides is 1. The van der Waals surface area contributed by atoms with Gasteiger partial charge in [0.25, 0.3) is 0 Å². The lowest BCUT2D eigenvalue weighted by Gasteiger charge is -2.15. The Balaban J connectivity index is 1.63. The number of aromatic nitrogens is 3. The van der Waals surface area contributed by atoms with Crippen LogP contribution in [0.15, 0.2) is 54.9 Å². The molecule has 1 unspecified atom stereocenters.